The highest BCUT2D eigenvalue weighted by atomic mass is 16.6. The number of hydrogen-bond acceptors (Lipinski definition) is 6. The van der Waals surface area contributed by atoms with Gasteiger partial charge in [0.15, 0.2) is 0 Å². The third-order valence-electron chi connectivity index (χ3n) is 4.14. The Bertz CT molecular complexity index is 1040. The SMILES string of the molecule is Cc1cccc2nc(N[C@@H](Cc3ccccc3)C(=O)OC(C)(C)C)oc(=O)c12. The van der Waals surface area contributed by atoms with Gasteiger partial charge in [0.05, 0.1) is 10.9 Å². The van der Waals surface area contributed by atoms with Gasteiger partial charge in [-0.05, 0) is 44.9 Å². The summed E-state index contributed by atoms with van der Waals surface area (Å²) in [5, 5.41) is 3.39. The van der Waals surface area contributed by atoms with Crippen molar-refractivity contribution in [2.45, 2.75) is 45.8 Å². The van der Waals surface area contributed by atoms with Crippen LogP contribution in [0.25, 0.3) is 10.9 Å². The molecule has 2 aromatic carbocycles. The quantitative estimate of drug-likeness (QED) is 0.677. The van der Waals surface area contributed by atoms with Gasteiger partial charge in [0.25, 0.3) is 6.01 Å². The maximum Gasteiger partial charge on any atom is 0.348 e. The molecule has 0 spiro atoms. The zero-order chi connectivity index (χ0) is 20.3. The second-order valence-electron chi connectivity index (χ2n) is 7.70. The monoisotopic (exact) mass is 380 g/mol. The first-order chi connectivity index (χ1) is 13.2. The lowest BCUT2D eigenvalue weighted by Crippen LogP contribution is -2.38. The highest BCUT2D eigenvalue weighted by Gasteiger charge is 2.27. The first-order valence-electron chi connectivity index (χ1n) is 9.17. The summed E-state index contributed by atoms with van der Waals surface area (Å²) in [4.78, 5) is 29.5. The predicted molar refractivity (Wildman–Crippen MR) is 108 cm³/mol. The molecule has 3 rings (SSSR count). The van der Waals surface area contributed by atoms with E-state index in [1.807, 2.05) is 70.2 Å². The van der Waals surface area contributed by atoms with Gasteiger partial charge in [0.2, 0.25) is 0 Å². The maximum absolute atomic E-state index is 12.7. The number of fused-ring (bicyclic) bond motifs is 1. The van der Waals surface area contributed by atoms with E-state index in [4.69, 9.17) is 9.15 Å². The predicted octanol–water partition coefficient (Wildman–Crippen LogP) is 3.86. The summed E-state index contributed by atoms with van der Waals surface area (Å²) in [6.07, 6.45) is 0.368. The number of anilines is 1. The van der Waals surface area contributed by atoms with E-state index >= 15 is 0 Å². The lowest BCUT2D eigenvalue weighted by Gasteiger charge is -2.24. The van der Waals surface area contributed by atoms with E-state index in [1.54, 1.807) is 6.07 Å². The molecule has 146 valence electrons. The van der Waals surface area contributed by atoms with Gasteiger partial charge in [-0.1, -0.05) is 42.5 Å². The summed E-state index contributed by atoms with van der Waals surface area (Å²) < 4.78 is 10.9. The van der Waals surface area contributed by atoms with Crippen molar-refractivity contribution in [3.8, 4) is 0 Å². The van der Waals surface area contributed by atoms with Crippen LogP contribution in [0.5, 0.6) is 0 Å². The third kappa shape index (κ3) is 4.76. The zero-order valence-electron chi connectivity index (χ0n) is 16.5. The number of aryl methyl sites for hydroxylation is 1. The van der Waals surface area contributed by atoms with Crippen molar-refractivity contribution in [2.75, 3.05) is 5.32 Å². The van der Waals surface area contributed by atoms with Crippen molar-refractivity contribution in [1.82, 2.24) is 4.98 Å². The summed E-state index contributed by atoms with van der Waals surface area (Å²) in [5.41, 5.74) is 1.13. The number of nitrogens with one attached hydrogen (secondary N) is 1. The lowest BCUT2D eigenvalue weighted by atomic mass is 10.1. The molecule has 0 fully saturated rings. The number of aromatic nitrogens is 1. The molecule has 0 radical (unpaired) electrons. The number of rotatable bonds is 5. The van der Waals surface area contributed by atoms with E-state index in [2.05, 4.69) is 10.3 Å². The van der Waals surface area contributed by atoms with Gasteiger partial charge in [-0.25, -0.2) is 9.59 Å². The number of hydrogen-bond donors (Lipinski definition) is 1. The highest BCUT2D eigenvalue weighted by molar-refractivity contribution is 5.82. The molecule has 6 heteroatoms. The second-order valence-corrected chi connectivity index (χ2v) is 7.70. The van der Waals surface area contributed by atoms with Gasteiger partial charge >= 0.3 is 11.6 Å². The standard InChI is InChI=1S/C22H24N2O4/c1-14-9-8-12-16-18(14)20(26)27-21(23-16)24-17(19(25)28-22(2,3)4)13-15-10-6-5-7-11-15/h5-12,17H,13H2,1-4H3,(H,23,24)/t17-/m0/s1. The van der Waals surface area contributed by atoms with Crippen LogP contribution in [0.2, 0.25) is 0 Å². The average Bonchev–Trinajstić information content (AvgIpc) is 2.60. The topological polar surface area (TPSA) is 81.4 Å². The fraction of sp³-hybridized carbons (Fsp3) is 0.318. The van der Waals surface area contributed by atoms with Gasteiger partial charge in [0.1, 0.15) is 11.6 Å². The first-order valence-corrected chi connectivity index (χ1v) is 9.17. The Morgan fingerprint density at radius 1 is 1.14 bits per heavy atom. The van der Waals surface area contributed by atoms with Crippen LogP contribution in [0.15, 0.2) is 57.7 Å². The summed E-state index contributed by atoms with van der Waals surface area (Å²) in [6, 6.07) is 14.2. The molecule has 6 nitrogen and oxygen atoms in total. The van der Waals surface area contributed by atoms with Crippen LogP contribution < -0.4 is 10.9 Å². The molecule has 1 aromatic heterocycles. The number of benzene rings is 2. The minimum absolute atomic E-state index is 0.00473. The molecule has 0 aliphatic rings. The second kappa shape index (κ2) is 7.84. The van der Waals surface area contributed by atoms with Crippen LogP contribution in [-0.4, -0.2) is 22.6 Å². The Balaban J connectivity index is 1.93. The van der Waals surface area contributed by atoms with E-state index in [0.29, 0.717) is 17.3 Å². The van der Waals surface area contributed by atoms with Gasteiger partial charge in [-0.2, -0.15) is 4.98 Å². The van der Waals surface area contributed by atoms with E-state index in [-0.39, 0.29) is 6.01 Å². The Labute approximate surface area is 163 Å². The Morgan fingerprint density at radius 2 is 1.86 bits per heavy atom. The van der Waals surface area contributed by atoms with Crippen molar-refractivity contribution < 1.29 is 13.9 Å². The lowest BCUT2D eigenvalue weighted by molar-refractivity contribution is -0.155. The molecular weight excluding hydrogens is 356 g/mol. The van der Waals surface area contributed by atoms with Crippen LogP contribution in [0, 0.1) is 6.92 Å². The molecule has 1 atom stereocenters. The van der Waals surface area contributed by atoms with Crippen molar-refractivity contribution in [2.24, 2.45) is 0 Å². The minimum Gasteiger partial charge on any atom is -0.458 e. The molecule has 0 amide bonds. The highest BCUT2D eigenvalue weighted by Crippen LogP contribution is 2.18. The molecule has 0 unspecified atom stereocenters. The molecule has 28 heavy (non-hydrogen) atoms. The maximum atomic E-state index is 12.7. The number of carbonyl (C=O) groups excluding carboxylic acids is 1. The van der Waals surface area contributed by atoms with Crippen LogP contribution in [0.1, 0.15) is 31.9 Å². The normalized spacial score (nSPS) is 12.6. The van der Waals surface area contributed by atoms with E-state index in [1.165, 1.54) is 0 Å². The fourth-order valence-corrected chi connectivity index (χ4v) is 2.91. The van der Waals surface area contributed by atoms with Gasteiger partial charge in [-0.15, -0.1) is 0 Å². The van der Waals surface area contributed by atoms with Crippen molar-refractivity contribution in [1.29, 1.82) is 0 Å². The summed E-state index contributed by atoms with van der Waals surface area (Å²) in [5.74, 6) is -0.440. The van der Waals surface area contributed by atoms with Crippen LogP contribution in [0.4, 0.5) is 6.01 Å². The number of carbonyl (C=O) groups is 1. The number of esters is 1. The molecule has 1 N–H and O–H groups in total. The van der Waals surface area contributed by atoms with Crippen molar-refractivity contribution in [3.05, 3.63) is 70.1 Å². The van der Waals surface area contributed by atoms with Gasteiger partial charge in [0, 0.05) is 6.42 Å². The number of ether oxygens (including phenoxy) is 1. The smallest absolute Gasteiger partial charge is 0.348 e. The molecule has 0 saturated heterocycles. The largest absolute Gasteiger partial charge is 0.458 e. The van der Waals surface area contributed by atoms with Crippen LogP contribution >= 0.6 is 0 Å². The fourth-order valence-electron chi connectivity index (χ4n) is 2.91. The van der Waals surface area contributed by atoms with Gasteiger partial charge in [-0.3, -0.25) is 0 Å². The Morgan fingerprint density at radius 3 is 2.54 bits per heavy atom. The van der Waals surface area contributed by atoms with Crippen molar-refractivity contribution in [3.63, 3.8) is 0 Å². The summed E-state index contributed by atoms with van der Waals surface area (Å²) in [7, 11) is 0. The Kier molecular flexibility index (Phi) is 5.49. The molecular formula is C22H24N2O4. The van der Waals surface area contributed by atoms with E-state index < -0.39 is 23.2 Å². The van der Waals surface area contributed by atoms with Crippen LogP contribution in [0.3, 0.4) is 0 Å². The van der Waals surface area contributed by atoms with Crippen molar-refractivity contribution >= 4 is 22.9 Å². The third-order valence-corrected chi connectivity index (χ3v) is 4.14. The zero-order valence-corrected chi connectivity index (χ0v) is 16.5. The van der Waals surface area contributed by atoms with E-state index in [0.717, 1.165) is 11.1 Å². The molecule has 0 bridgehead atoms. The molecule has 0 aliphatic heterocycles. The molecule has 0 aliphatic carbocycles. The Hall–Kier alpha value is -3.15. The number of nitrogens with zero attached hydrogens (tertiary/aromatic N) is 1. The molecule has 0 saturated carbocycles. The molecule has 1 heterocycles. The average molecular weight is 380 g/mol. The summed E-state index contributed by atoms with van der Waals surface area (Å²) >= 11 is 0. The van der Waals surface area contributed by atoms with E-state index in [9.17, 15) is 9.59 Å². The molecule has 3 aromatic rings. The minimum atomic E-state index is -0.750. The van der Waals surface area contributed by atoms with Gasteiger partial charge < -0.3 is 14.5 Å². The van der Waals surface area contributed by atoms with Crippen LogP contribution in [-0.2, 0) is 16.0 Å². The summed E-state index contributed by atoms with van der Waals surface area (Å²) in [6.45, 7) is 7.25. The first kappa shape index (κ1) is 19.6.